The molecule has 1 atom stereocenters. The maximum atomic E-state index is 12.5. The summed E-state index contributed by atoms with van der Waals surface area (Å²) < 4.78 is 11.2. The van der Waals surface area contributed by atoms with Crippen LogP contribution in [0.2, 0.25) is 0 Å². The molecule has 4 nitrogen and oxygen atoms in total. The van der Waals surface area contributed by atoms with Crippen LogP contribution in [0.25, 0.3) is 11.1 Å². The maximum absolute atomic E-state index is 12.5. The second-order valence-corrected chi connectivity index (χ2v) is 7.98. The molecule has 29 heavy (non-hydrogen) atoms. The molecular formula is C24H23NO3S. The van der Waals surface area contributed by atoms with Crippen molar-refractivity contribution in [2.45, 2.75) is 19.3 Å². The average Bonchev–Trinajstić information content (AvgIpc) is 3.15. The molecule has 0 unspecified atom stereocenters. The first kappa shape index (κ1) is 19.3. The number of ether oxygens (including phenoxy) is 2. The van der Waals surface area contributed by atoms with E-state index in [1.54, 1.807) is 24.5 Å². The summed E-state index contributed by atoms with van der Waals surface area (Å²) in [4.78, 5) is 13.7. The lowest BCUT2D eigenvalue weighted by Crippen LogP contribution is -2.22. The predicted molar refractivity (Wildman–Crippen MR) is 118 cm³/mol. The molecule has 0 fully saturated rings. The molecule has 0 radical (unpaired) electrons. The Balaban J connectivity index is 1.73. The highest BCUT2D eigenvalue weighted by atomic mass is 32.1. The number of carbonyl (C=O) groups is 1. The predicted octanol–water partition coefficient (Wildman–Crippen LogP) is 5.77. The van der Waals surface area contributed by atoms with Crippen molar-refractivity contribution in [3.05, 3.63) is 76.5 Å². The van der Waals surface area contributed by atoms with Gasteiger partial charge in [0, 0.05) is 28.2 Å². The molecule has 0 saturated carbocycles. The van der Waals surface area contributed by atoms with Gasteiger partial charge in [0.05, 0.1) is 12.8 Å². The molecule has 0 bridgehead atoms. The minimum atomic E-state index is -0.00898. The van der Waals surface area contributed by atoms with Gasteiger partial charge in [-0.05, 0) is 30.2 Å². The van der Waals surface area contributed by atoms with Crippen LogP contribution in [0.1, 0.15) is 28.3 Å². The number of anilines is 1. The van der Waals surface area contributed by atoms with E-state index in [9.17, 15) is 4.79 Å². The van der Waals surface area contributed by atoms with Crippen molar-refractivity contribution < 1.29 is 14.3 Å². The van der Waals surface area contributed by atoms with E-state index in [4.69, 9.17) is 9.47 Å². The largest absolute Gasteiger partial charge is 0.493 e. The average molecular weight is 406 g/mol. The van der Waals surface area contributed by atoms with Gasteiger partial charge < -0.3 is 14.8 Å². The quantitative estimate of drug-likeness (QED) is 0.530. The summed E-state index contributed by atoms with van der Waals surface area (Å²) in [5.41, 5.74) is 5.36. The molecule has 4 rings (SSSR count). The second-order valence-electron chi connectivity index (χ2n) is 7.07. The van der Waals surface area contributed by atoms with Gasteiger partial charge >= 0.3 is 0 Å². The molecule has 148 valence electrons. The Kier molecular flexibility index (Phi) is 5.41. The van der Waals surface area contributed by atoms with E-state index >= 15 is 0 Å². The Morgan fingerprint density at radius 1 is 1.21 bits per heavy atom. The SMILES string of the molecule is C=CCOc1ccc([C@H]2CC(=O)Nc3c(-c4ccc(C)cc4)csc32)cc1OC. The molecule has 1 aromatic heterocycles. The van der Waals surface area contributed by atoms with Crippen LogP contribution in [0.15, 0.2) is 60.5 Å². The number of thiophene rings is 1. The van der Waals surface area contributed by atoms with Gasteiger partial charge in [0.1, 0.15) is 6.61 Å². The monoisotopic (exact) mass is 405 g/mol. The van der Waals surface area contributed by atoms with Crippen LogP contribution in [0.4, 0.5) is 5.69 Å². The third-order valence-corrected chi connectivity index (χ3v) is 6.20. The van der Waals surface area contributed by atoms with Crippen molar-refractivity contribution in [1.82, 2.24) is 0 Å². The van der Waals surface area contributed by atoms with Crippen molar-refractivity contribution in [3.63, 3.8) is 0 Å². The molecular weight excluding hydrogens is 382 g/mol. The second kappa shape index (κ2) is 8.13. The number of amides is 1. The standard InChI is InChI=1S/C24H23NO3S/c1-4-11-28-20-10-9-17(12-21(20)27-3)18-13-22(26)25-23-19(14-29-24(18)23)16-7-5-15(2)6-8-16/h4-10,12,14,18H,1,11,13H2,2-3H3,(H,25,26)/t18-/m1/s1. The number of carbonyl (C=O) groups excluding carboxylic acids is 1. The van der Waals surface area contributed by atoms with Gasteiger partial charge in [-0.3, -0.25) is 4.79 Å². The van der Waals surface area contributed by atoms with E-state index in [1.807, 2.05) is 18.2 Å². The molecule has 0 saturated heterocycles. The lowest BCUT2D eigenvalue weighted by atomic mass is 9.89. The zero-order valence-electron chi connectivity index (χ0n) is 16.5. The molecule has 1 aliphatic heterocycles. The molecule has 5 heteroatoms. The van der Waals surface area contributed by atoms with E-state index in [2.05, 4.69) is 48.5 Å². The maximum Gasteiger partial charge on any atom is 0.225 e. The van der Waals surface area contributed by atoms with Gasteiger partial charge in [-0.2, -0.15) is 0 Å². The number of rotatable bonds is 6. The van der Waals surface area contributed by atoms with Crippen LogP contribution in [-0.2, 0) is 4.79 Å². The summed E-state index contributed by atoms with van der Waals surface area (Å²) in [6.07, 6.45) is 2.11. The number of hydrogen-bond donors (Lipinski definition) is 1. The first-order valence-electron chi connectivity index (χ1n) is 9.50. The van der Waals surface area contributed by atoms with Gasteiger partial charge in [0.2, 0.25) is 5.91 Å². The highest BCUT2D eigenvalue weighted by Crippen LogP contribution is 2.47. The Morgan fingerprint density at radius 3 is 2.72 bits per heavy atom. The molecule has 0 spiro atoms. The van der Waals surface area contributed by atoms with E-state index in [-0.39, 0.29) is 11.8 Å². The summed E-state index contributed by atoms with van der Waals surface area (Å²) in [5, 5.41) is 5.23. The van der Waals surface area contributed by atoms with E-state index < -0.39 is 0 Å². The number of nitrogens with one attached hydrogen (secondary N) is 1. The summed E-state index contributed by atoms with van der Waals surface area (Å²) in [5.74, 6) is 1.35. The molecule has 2 aromatic carbocycles. The third-order valence-electron chi connectivity index (χ3n) is 5.10. The van der Waals surface area contributed by atoms with Crippen molar-refractivity contribution >= 4 is 22.9 Å². The third kappa shape index (κ3) is 3.78. The molecule has 1 aliphatic rings. The van der Waals surface area contributed by atoms with Crippen LogP contribution in [0.3, 0.4) is 0 Å². The van der Waals surface area contributed by atoms with Gasteiger partial charge in [-0.1, -0.05) is 48.6 Å². The summed E-state index contributed by atoms with van der Waals surface area (Å²) in [7, 11) is 1.62. The Morgan fingerprint density at radius 2 is 2.00 bits per heavy atom. The number of fused-ring (bicyclic) bond motifs is 1. The minimum absolute atomic E-state index is 0.00898. The Bertz CT molecular complexity index is 1050. The summed E-state index contributed by atoms with van der Waals surface area (Å²) in [6, 6.07) is 14.3. The topological polar surface area (TPSA) is 47.6 Å². The lowest BCUT2D eigenvalue weighted by Gasteiger charge is -2.24. The van der Waals surface area contributed by atoms with Crippen molar-refractivity contribution in [2.75, 3.05) is 19.0 Å². The van der Waals surface area contributed by atoms with Crippen molar-refractivity contribution in [2.24, 2.45) is 0 Å². The number of aryl methyl sites for hydroxylation is 1. The fraction of sp³-hybridized carbons (Fsp3) is 0.208. The van der Waals surface area contributed by atoms with Crippen LogP contribution in [-0.4, -0.2) is 19.6 Å². The molecule has 3 aromatic rings. The highest BCUT2D eigenvalue weighted by Gasteiger charge is 2.31. The zero-order valence-corrected chi connectivity index (χ0v) is 17.3. The summed E-state index contributed by atoms with van der Waals surface area (Å²) in [6.45, 7) is 6.16. The number of methoxy groups -OCH3 is 1. The molecule has 0 aliphatic carbocycles. The van der Waals surface area contributed by atoms with Gasteiger partial charge in [-0.25, -0.2) is 0 Å². The zero-order chi connectivity index (χ0) is 20.4. The fourth-order valence-corrected chi connectivity index (χ4v) is 4.77. The van der Waals surface area contributed by atoms with Crippen LogP contribution in [0.5, 0.6) is 11.5 Å². The highest BCUT2D eigenvalue weighted by molar-refractivity contribution is 7.11. The minimum Gasteiger partial charge on any atom is -0.493 e. The van der Waals surface area contributed by atoms with Crippen LogP contribution in [0, 0.1) is 6.92 Å². The van der Waals surface area contributed by atoms with Gasteiger partial charge in [-0.15, -0.1) is 11.3 Å². The fourth-order valence-electron chi connectivity index (χ4n) is 3.61. The Hall–Kier alpha value is -3.05. The smallest absolute Gasteiger partial charge is 0.225 e. The Labute approximate surface area is 174 Å². The molecule has 1 amide bonds. The number of benzene rings is 2. The lowest BCUT2D eigenvalue weighted by molar-refractivity contribution is -0.116. The molecule has 1 N–H and O–H groups in total. The van der Waals surface area contributed by atoms with E-state index in [0.717, 1.165) is 22.4 Å². The van der Waals surface area contributed by atoms with E-state index in [1.165, 1.54) is 10.4 Å². The van der Waals surface area contributed by atoms with Gasteiger partial charge in [0.15, 0.2) is 11.5 Å². The van der Waals surface area contributed by atoms with Crippen LogP contribution >= 0.6 is 11.3 Å². The van der Waals surface area contributed by atoms with Crippen molar-refractivity contribution in [3.8, 4) is 22.6 Å². The first-order valence-corrected chi connectivity index (χ1v) is 10.4. The van der Waals surface area contributed by atoms with Crippen molar-refractivity contribution in [1.29, 1.82) is 0 Å². The van der Waals surface area contributed by atoms with Crippen LogP contribution < -0.4 is 14.8 Å². The number of hydrogen-bond acceptors (Lipinski definition) is 4. The van der Waals surface area contributed by atoms with E-state index in [0.29, 0.717) is 24.5 Å². The first-order chi connectivity index (χ1) is 14.1. The van der Waals surface area contributed by atoms with Gasteiger partial charge in [0.25, 0.3) is 0 Å². The molecule has 2 heterocycles. The normalized spacial score (nSPS) is 15.4. The summed E-state index contributed by atoms with van der Waals surface area (Å²) >= 11 is 1.69.